The van der Waals surface area contributed by atoms with Gasteiger partial charge < -0.3 is 11.1 Å². The van der Waals surface area contributed by atoms with Gasteiger partial charge in [0.15, 0.2) is 0 Å². The number of carbonyl (C=O) groups excluding carboxylic acids is 1. The molecule has 1 heterocycles. The standard InChI is InChI=1S/C7H12N4O/c1-5(8)7(12)9-4-6-2-3-10-11-6/h2-3,5H,4,8H2,1H3,(H,9,12)(H,10,11)/t5-/m0/s1. The first-order chi connectivity index (χ1) is 5.70. The van der Waals surface area contributed by atoms with Gasteiger partial charge in [0.2, 0.25) is 5.91 Å². The summed E-state index contributed by atoms with van der Waals surface area (Å²) in [6, 6.07) is 1.33. The van der Waals surface area contributed by atoms with Crippen molar-refractivity contribution >= 4 is 5.91 Å². The van der Waals surface area contributed by atoms with Crippen molar-refractivity contribution in [3.63, 3.8) is 0 Å². The largest absolute Gasteiger partial charge is 0.349 e. The van der Waals surface area contributed by atoms with E-state index in [-0.39, 0.29) is 5.91 Å². The van der Waals surface area contributed by atoms with Crippen LogP contribution < -0.4 is 11.1 Å². The second-order valence-corrected chi connectivity index (χ2v) is 2.59. The lowest BCUT2D eigenvalue weighted by molar-refractivity contribution is -0.122. The summed E-state index contributed by atoms with van der Waals surface area (Å²) >= 11 is 0. The summed E-state index contributed by atoms with van der Waals surface area (Å²) in [6.07, 6.45) is 1.63. The normalized spacial score (nSPS) is 12.5. The van der Waals surface area contributed by atoms with Gasteiger partial charge in [-0.3, -0.25) is 9.89 Å². The van der Waals surface area contributed by atoms with E-state index in [2.05, 4.69) is 15.5 Å². The van der Waals surface area contributed by atoms with Crippen LogP contribution in [0.15, 0.2) is 12.3 Å². The van der Waals surface area contributed by atoms with Crippen LogP contribution in [0.25, 0.3) is 0 Å². The molecule has 0 saturated carbocycles. The summed E-state index contributed by atoms with van der Waals surface area (Å²) in [4.78, 5) is 11.0. The first kappa shape index (κ1) is 8.73. The van der Waals surface area contributed by atoms with Crippen LogP contribution in [0.2, 0.25) is 0 Å². The number of hydrogen-bond acceptors (Lipinski definition) is 3. The van der Waals surface area contributed by atoms with E-state index in [0.717, 1.165) is 5.69 Å². The predicted molar refractivity (Wildman–Crippen MR) is 44.1 cm³/mol. The van der Waals surface area contributed by atoms with Crippen molar-refractivity contribution in [2.75, 3.05) is 0 Å². The minimum Gasteiger partial charge on any atom is -0.349 e. The van der Waals surface area contributed by atoms with Crippen molar-refractivity contribution in [2.45, 2.75) is 19.5 Å². The highest BCUT2D eigenvalue weighted by Gasteiger charge is 2.05. The zero-order valence-corrected chi connectivity index (χ0v) is 6.87. The Bertz CT molecular complexity index is 242. The molecule has 4 N–H and O–H groups in total. The number of carbonyl (C=O) groups is 1. The van der Waals surface area contributed by atoms with Gasteiger partial charge in [0.1, 0.15) is 0 Å². The lowest BCUT2D eigenvalue weighted by Gasteiger charge is -2.05. The molecule has 0 aliphatic rings. The Hall–Kier alpha value is -1.36. The molecule has 1 aromatic heterocycles. The monoisotopic (exact) mass is 168 g/mol. The van der Waals surface area contributed by atoms with Gasteiger partial charge in [-0.05, 0) is 13.0 Å². The highest BCUT2D eigenvalue weighted by atomic mass is 16.2. The molecule has 0 bridgehead atoms. The molecule has 1 atom stereocenters. The van der Waals surface area contributed by atoms with E-state index in [1.807, 2.05) is 0 Å². The van der Waals surface area contributed by atoms with Crippen LogP contribution in [0.4, 0.5) is 0 Å². The van der Waals surface area contributed by atoms with Crippen LogP contribution in [-0.4, -0.2) is 22.1 Å². The lowest BCUT2D eigenvalue weighted by atomic mass is 10.3. The highest BCUT2D eigenvalue weighted by molar-refractivity contribution is 5.80. The molecule has 0 aliphatic carbocycles. The number of nitrogens with zero attached hydrogens (tertiary/aromatic N) is 1. The van der Waals surface area contributed by atoms with Crippen molar-refractivity contribution < 1.29 is 4.79 Å². The topological polar surface area (TPSA) is 83.8 Å². The van der Waals surface area contributed by atoms with E-state index in [9.17, 15) is 4.79 Å². The molecule has 0 radical (unpaired) electrons. The summed E-state index contributed by atoms with van der Waals surface area (Å²) < 4.78 is 0. The van der Waals surface area contributed by atoms with Gasteiger partial charge in [-0.1, -0.05) is 0 Å². The molecule has 0 unspecified atom stereocenters. The fourth-order valence-corrected chi connectivity index (χ4v) is 0.726. The third-order valence-electron chi connectivity index (χ3n) is 1.43. The predicted octanol–water partition coefficient (Wildman–Crippen LogP) is -0.627. The van der Waals surface area contributed by atoms with Gasteiger partial charge in [0.05, 0.1) is 18.3 Å². The maximum atomic E-state index is 11.0. The highest BCUT2D eigenvalue weighted by Crippen LogP contribution is 1.89. The molecule has 1 rings (SSSR count). The number of aromatic amines is 1. The fourth-order valence-electron chi connectivity index (χ4n) is 0.726. The molecule has 0 aliphatic heterocycles. The fraction of sp³-hybridized carbons (Fsp3) is 0.429. The van der Waals surface area contributed by atoms with Crippen molar-refractivity contribution in [3.8, 4) is 0 Å². The van der Waals surface area contributed by atoms with Gasteiger partial charge in [-0.2, -0.15) is 5.10 Å². The van der Waals surface area contributed by atoms with Crippen molar-refractivity contribution in [1.82, 2.24) is 15.5 Å². The summed E-state index contributed by atoms with van der Waals surface area (Å²) in [5, 5.41) is 9.11. The number of amides is 1. The van der Waals surface area contributed by atoms with Gasteiger partial charge in [-0.25, -0.2) is 0 Å². The molecule has 0 aromatic carbocycles. The quantitative estimate of drug-likeness (QED) is 0.562. The smallest absolute Gasteiger partial charge is 0.236 e. The van der Waals surface area contributed by atoms with Crippen LogP contribution in [0, 0.1) is 0 Å². The number of rotatable bonds is 3. The minimum atomic E-state index is -0.465. The van der Waals surface area contributed by atoms with Crippen LogP contribution >= 0.6 is 0 Å². The third kappa shape index (κ3) is 2.35. The number of aromatic nitrogens is 2. The van der Waals surface area contributed by atoms with Crippen molar-refractivity contribution in [1.29, 1.82) is 0 Å². The zero-order chi connectivity index (χ0) is 8.97. The molecule has 1 aromatic rings. The Kier molecular flexibility index (Phi) is 2.82. The summed E-state index contributed by atoms with van der Waals surface area (Å²) in [5.41, 5.74) is 6.20. The maximum absolute atomic E-state index is 11.0. The molecule has 66 valence electrons. The van der Waals surface area contributed by atoms with Gasteiger partial charge in [0.25, 0.3) is 0 Å². The van der Waals surface area contributed by atoms with E-state index in [1.54, 1.807) is 19.2 Å². The Balaban J connectivity index is 2.32. The molecule has 12 heavy (non-hydrogen) atoms. The summed E-state index contributed by atoms with van der Waals surface area (Å²) in [6.45, 7) is 2.09. The van der Waals surface area contributed by atoms with E-state index in [0.29, 0.717) is 6.54 Å². The third-order valence-corrected chi connectivity index (χ3v) is 1.43. The van der Waals surface area contributed by atoms with Crippen LogP contribution in [0.1, 0.15) is 12.6 Å². The second-order valence-electron chi connectivity index (χ2n) is 2.59. The van der Waals surface area contributed by atoms with Crippen LogP contribution in [0.5, 0.6) is 0 Å². The van der Waals surface area contributed by atoms with Gasteiger partial charge in [0, 0.05) is 6.20 Å². The Morgan fingerprint density at radius 2 is 2.67 bits per heavy atom. The van der Waals surface area contributed by atoms with Crippen molar-refractivity contribution in [3.05, 3.63) is 18.0 Å². The number of hydrogen-bond donors (Lipinski definition) is 3. The Labute approximate surface area is 70.3 Å². The van der Waals surface area contributed by atoms with E-state index in [4.69, 9.17) is 5.73 Å². The number of H-pyrrole nitrogens is 1. The molecule has 5 heteroatoms. The molecule has 1 amide bonds. The molecule has 5 nitrogen and oxygen atoms in total. The summed E-state index contributed by atoms with van der Waals surface area (Å²) in [5.74, 6) is -0.162. The maximum Gasteiger partial charge on any atom is 0.236 e. The molecule has 0 saturated heterocycles. The zero-order valence-electron chi connectivity index (χ0n) is 6.87. The average molecular weight is 168 g/mol. The van der Waals surface area contributed by atoms with Crippen LogP contribution in [0.3, 0.4) is 0 Å². The van der Waals surface area contributed by atoms with Gasteiger partial charge in [-0.15, -0.1) is 0 Å². The SMILES string of the molecule is C[C@H](N)C(=O)NCc1ccn[nH]1. The second kappa shape index (κ2) is 3.87. The molecule has 0 spiro atoms. The first-order valence-corrected chi connectivity index (χ1v) is 3.71. The Morgan fingerprint density at radius 3 is 3.17 bits per heavy atom. The Morgan fingerprint density at radius 1 is 1.92 bits per heavy atom. The lowest BCUT2D eigenvalue weighted by Crippen LogP contribution is -2.37. The van der Waals surface area contributed by atoms with Gasteiger partial charge >= 0.3 is 0 Å². The first-order valence-electron chi connectivity index (χ1n) is 3.71. The van der Waals surface area contributed by atoms with Crippen LogP contribution in [-0.2, 0) is 11.3 Å². The molecular formula is C7H12N4O. The molecular weight excluding hydrogens is 156 g/mol. The summed E-state index contributed by atoms with van der Waals surface area (Å²) in [7, 11) is 0. The van der Waals surface area contributed by atoms with E-state index >= 15 is 0 Å². The number of nitrogens with two attached hydrogens (primary N) is 1. The van der Waals surface area contributed by atoms with Crippen molar-refractivity contribution in [2.24, 2.45) is 5.73 Å². The van der Waals surface area contributed by atoms with E-state index < -0.39 is 6.04 Å². The minimum absolute atomic E-state index is 0.162. The average Bonchev–Trinajstić information content (AvgIpc) is 2.51. The number of nitrogens with one attached hydrogen (secondary N) is 2. The van der Waals surface area contributed by atoms with E-state index in [1.165, 1.54) is 0 Å². The molecule has 0 fully saturated rings.